The number of hydrogen-bond donors (Lipinski definition) is 0. The van der Waals surface area contributed by atoms with Crippen molar-refractivity contribution in [1.29, 1.82) is 0 Å². The summed E-state index contributed by atoms with van der Waals surface area (Å²) >= 11 is 0. The predicted octanol–water partition coefficient (Wildman–Crippen LogP) is 4.01. The highest BCUT2D eigenvalue weighted by atomic mass is 19.1. The van der Waals surface area contributed by atoms with Gasteiger partial charge in [-0.05, 0) is 30.7 Å². The average Bonchev–Trinajstić information content (AvgIpc) is 3.07. The van der Waals surface area contributed by atoms with E-state index in [1.165, 1.54) is 6.07 Å². The van der Waals surface area contributed by atoms with Crippen molar-refractivity contribution in [1.82, 2.24) is 14.3 Å². The van der Waals surface area contributed by atoms with Gasteiger partial charge in [-0.1, -0.05) is 25.5 Å². The number of hydrogen-bond acceptors (Lipinski definition) is 2. The van der Waals surface area contributed by atoms with Crippen LogP contribution in [0, 0.1) is 5.82 Å². The Labute approximate surface area is 140 Å². The molecule has 1 aromatic carbocycles. The molecular formula is C19H20FN3O. The summed E-state index contributed by atoms with van der Waals surface area (Å²) in [5.74, 6) is -0.506. The first kappa shape index (κ1) is 16.2. The minimum absolute atomic E-state index is 0.156. The third-order valence-corrected chi connectivity index (χ3v) is 4.06. The van der Waals surface area contributed by atoms with Crippen LogP contribution in [-0.4, -0.2) is 33.8 Å². The molecule has 0 aliphatic heterocycles. The molecule has 0 fully saturated rings. The van der Waals surface area contributed by atoms with E-state index in [1.807, 2.05) is 22.7 Å². The van der Waals surface area contributed by atoms with Crippen molar-refractivity contribution < 1.29 is 9.18 Å². The summed E-state index contributed by atoms with van der Waals surface area (Å²) in [5.41, 5.74) is 1.96. The number of rotatable bonds is 5. The van der Waals surface area contributed by atoms with Gasteiger partial charge in [-0.2, -0.15) is 0 Å². The maximum absolute atomic E-state index is 14.2. The zero-order chi connectivity index (χ0) is 17.1. The van der Waals surface area contributed by atoms with Crippen LogP contribution in [-0.2, 0) is 0 Å². The molecule has 0 spiro atoms. The monoisotopic (exact) mass is 325 g/mol. The topological polar surface area (TPSA) is 37.6 Å². The van der Waals surface area contributed by atoms with E-state index in [2.05, 4.69) is 11.9 Å². The van der Waals surface area contributed by atoms with Gasteiger partial charge in [0.15, 0.2) is 0 Å². The number of fused-ring (bicyclic) bond motifs is 1. The largest absolute Gasteiger partial charge is 0.340 e. The second-order valence-electron chi connectivity index (χ2n) is 5.84. The van der Waals surface area contributed by atoms with Gasteiger partial charge in [0.2, 0.25) is 0 Å². The Kier molecular flexibility index (Phi) is 4.60. The normalized spacial score (nSPS) is 11.0. The van der Waals surface area contributed by atoms with Gasteiger partial charge < -0.3 is 9.30 Å². The van der Waals surface area contributed by atoms with Crippen LogP contribution in [0.2, 0.25) is 0 Å². The van der Waals surface area contributed by atoms with Crippen molar-refractivity contribution in [3.05, 3.63) is 60.3 Å². The lowest BCUT2D eigenvalue weighted by Gasteiger charge is -2.17. The first-order valence-electron chi connectivity index (χ1n) is 8.10. The van der Waals surface area contributed by atoms with E-state index in [1.54, 1.807) is 36.3 Å². The minimum Gasteiger partial charge on any atom is -0.340 e. The fourth-order valence-corrected chi connectivity index (χ4v) is 2.69. The molecule has 0 aliphatic rings. The quantitative estimate of drug-likeness (QED) is 0.711. The van der Waals surface area contributed by atoms with Crippen molar-refractivity contribution in [3.63, 3.8) is 0 Å². The molecule has 2 heterocycles. The lowest BCUT2D eigenvalue weighted by Crippen LogP contribution is -2.28. The fraction of sp³-hybridized carbons (Fsp3) is 0.263. The number of benzene rings is 1. The van der Waals surface area contributed by atoms with E-state index < -0.39 is 0 Å². The highest BCUT2D eigenvalue weighted by molar-refractivity contribution is 5.93. The summed E-state index contributed by atoms with van der Waals surface area (Å²) in [6.07, 6.45) is 5.49. The van der Waals surface area contributed by atoms with E-state index in [0.29, 0.717) is 23.5 Å². The number of unbranched alkanes of at least 4 members (excludes halogenated alkanes) is 1. The molecule has 0 unspecified atom stereocenters. The molecule has 0 bridgehead atoms. The van der Waals surface area contributed by atoms with Crippen LogP contribution in [0.15, 0.2) is 48.8 Å². The smallest absolute Gasteiger partial charge is 0.273 e. The average molecular weight is 325 g/mol. The van der Waals surface area contributed by atoms with E-state index in [0.717, 1.165) is 18.4 Å². The molecule has 5 heteroatoms. The summed E-state index contributed by atoms with van der Waals surface area (Å²) in [4.78, 5) is 18.8. The molecule has 0 atom stereocenters. The third-order valence-electron chi connectivity index (χ3n) is 4.06. The van der Waals surface area contributed by atoms with Gasteiger partial charge in [0, 0.05) is 31.5 Å². The van der Waals surface area contributed by atoms with Gasteiger partial charge in [-0.25, -0.2) is 9.37 Å². The molecule has 0 saturated heterocycles. The van der Waals surface area contributed by atoms with Crippen LogP contribution >= 0.6 is 0 Å². The van der Waals surface area contributed by atoms with Gasteiger partial charge in [0.05, 0.1) is 11.2 Å². The van der Waals surface area contributed by atoms with Gasteiger partial charge in [0.25, 0.3) is 5.91 Å². The number of aromatic nitrogens is 2. The summed E-state index contributed by atoms with van der Waals surface area (Å²) in [6, 6.07) is 10.2. The van der Waals surface area contributed by atoms with Crippen LogP contribution in [0.5, 0.6) is 0 Å². The molecule has 0 saturated carbocycles. The summed E-state index contributed by atoms with van der Waals surface area (Å²) in [6.45, 7) is 2.76. The van der Waals surface area contributed by atoms with Crippen LogP contribution in [0.4, 0.5) is 4.39 Å². The molecule has 0 N–H and O–H groups in total. The molecule has 3 aromatic rings. The lowest BCUT2D eigenvalue weighted by atomic mass is 10.1. The molecule has 4 nitrogen and oxygen atoms in total. The Hall–Kier alpha value is -2.69. The van der Waals surface area contributed by atoms with E-state index in [-0.39, 0.29) is 11.7 Å². The number of halogens is 1. The first-order valence-corrected chi connectivity index (χ1v) is 8.10. The van der Waals surface area contributed by atoms with Gasteiger partial charge in [0.1, 0.15) is 11.5 Å². The standard InChI is InChI=1S/C19H20FN3O/c1-3-4-11-22(2)19(24)16-13-23-12-7-10-17(23)18(21-16)14-8-5-6-9-15(14)20/h5-10,12-13H,3-4,11H2,1-2H3. The van der Waals surface area contributed by atoms with Crippen molar-refractivity contribution >= 4 is 11.4 Å². The Balaban J connectivity index is 2.08. The second kappa shape index (κ2) is 6.83. The molecule has 0 aliphatic carbocycles. The van der Waals surface area contributed by atoms with E-state index >= 15 is 0 Å². The molecule has 24 heavy (non-hydrogen) atoms. The molecule has 3 rings (SSSR count). The van der Waals surface area contributed by atoms with Crippen LogP contribution in [0.3, 0.4) is 0 Å². The zero-order valence-corrected chi connectivity index (χ0v) is 13.9. The molecule has 124 valence electrons. The second-order valence-corrected chi connectivity index (χ2v) is 5.84. The summed E-state index contributed by atoms with van der Waals surface area (Å²) in [5, 5.41) is 0. The van der Waals surface area contributed by atoms with Gasteiger partial charge >= 0.3 is 0 Å². The van der Waals surface area contributed by atoms with Gasteiger partial charge in [-0.15, -0.1) is 0 Å². The van der Waals surface area contributed by atoms with Crippen LogP contribution < -0.4 is 0 Å². The van der Waals surface area contributed by atoms with Crippen LogP contribution in [0.1, 0.15) is 30.3 Å². The van der Waals surface area contributed by atoms with Crippen molar-refractivity contribution in [2.45, 2.75) is 19.8 Å². The van der Waals surface area contributed by atoms with Crippen LogP contribution in [0.25, 0.3) is 16.8 Å². The SMILES string of the molecule is CCCCN(C)C(=O)c1cn2cccc2c(-c2ccccc2F)n1. The minimum atomic E-state index is -0.350. The molecule has 0 radical (unpaired) electrons. The van der Waals surface area contributed by atoms with Crippen molar-refractivity contribution in [2.24, 2.45) is 0 Å². The number of amides is 1. The summed E-state index contributed by atoms with van der Waals surface area (Å²) in [7, 11) is 1.77. The van der Waals surface area contributed by atoms with Crippen molar-refractivity contribution in [2.75, 3.05) is 13.6 Å². The maximum Gasteiger partial charge on any atom is 0.273 e. The fourth-order valence-electron chi connectivity index (χ4n) is 2.69. The first-order chi connectivity index (χ1) is 11.6. The maximum atomic E-state index is 14.2. The number of carbonyl (C=O) groups is 1. The van der Waals surface area contributed by atoms with E-state index in [9.17, 15) is 9.18 Å². The lowest BCUT2D eigenvalue weighted by molar-refractivity contribution is 0.0787. The van der Waals surface area contributed by atoms with Crippen molar-refractivity contribution in [3.8, 4) is 11.3 Å². The molecule has 2 aromatic heterocycles. The highest BCUT2D eigenvalue weighted by Gasteiger charge is 2.18. The Morgan fingerprint density at radius 3 is 2.79 bits per heavy atom. The Morgan fingerprint density at radius 1 is 1.25 bits per heavy atom. The summed E-state index contributed by atoms with van der Waals surface area (Å²) < 4.78 is 16.0. The Bertz CT molecular complexity index is 872. The molecular weight excluding hydrogens is 305 g/mol. The van der Waals surface area contributed by atoms with Gasteiger partial charge in [-0.3, -0.25) is 4.79 Å². The third kappa shape index (κ3) is 3.02. The highest BCUT2D eigenvalue weighted by Crippen LogP contribution is 2.26. The predicted molar refractivity (Wildman–Crippen MR) is 92.5 cm³/mol. The zero-order valence-electron chi connectivity index (χ0n) is 13.9. The number of nitrogens with zero attached hydrogens (tertiary/aromatic N) is 3. The molecule has 1 amide bonds. The Morgan fingerprint density at radius 2 is 2.04 bits per heavy atom. The van der Waals surface area contributed by atoms with E-state index in [4.69, 9.17) is 0 Å². The number of carbonyl (C=O) groups excluding carboxylic acids is 1.